The van der Waals surface area contributed by atoms with Gasteiger partial charge in [0.1, 0.15) is 0 Å². The number of fused-ring (bicyclic) bond motifs is 1. The quantitative estimate of drug-likeness (QED) is 0.643. The predicted molar refractivity (Wildman–Crippen MR) is 106 cm³/mol. The van der Waals surface area contributed by atoms with Crippen molar-refractivity contribution in [1.82, 2.24) is 10.3 Å². The van der Waals surface area contributed by atoms with Gasteiger partial charge in [0.05, 0.1) is 0 Å². The van der Waals surface area contributed by atoms with Crippen molar-refractivity contribution in [2.45, 2.75) is 25.2 Å². The maximum Gasteiger partial charge on any atom is 0.223 e. The number of carbonyl (C=O) groups is 1. The second-order valence-corrected chi connectivity index (χ2v) is 6.98. The molecule has 4 rings (SSSR count). The van der Waals surface area contributed by atoms with Crippen molar-refractivity contribution < 1.29 is 4.79 Å². The fraction of sp³-hybridized carbons (Fsp3) is 0.261. The van der Waals surface area contributed by atoms with Crippen molar-refractivity contribution in [2.24, 2.45) is 5.92 Å². The molecular formula is C23H24N2O. The second kappa shape index (κ2) is 7.61. The van der Waals surface area contributed by atoms with Gasteiger partial charge in [0.25, 0.3) is 0 Å². The number of hydrogen-bond donors (Lipinski definition) is 2. The van der Waals surface area contributed by atoms with Crippen LogP contribution in [0.2, 0.25) is 0 Å². The number of aromatic amines is 1. The molecule has 0 saturated carbocycles. The molecule has 2 aromatic carbocycles. The molecule has 2 unspecified atom stereocenters. The summed E-state index contributed by atoms with van der Waals surface area (Å²) >= 11 is 0. The Hall–Kier alpha value is -2.81. The molecule has 3 nitrogen and oxygen atoms in total. The molecule has 1 aliphatic carbocycles. The Labute approximate surface area is 154 Å². The van der Waals surface area contributed by atoms with Crippen molar-refractivity contribution in [3.05, 3.63) is 84.1 Å². The highest BCUT2D eigenvalue weighted by atomic mass is 16.1. The second-order valence-electron chi connectivity index (χ2n) is 6.98. The van der Waals surface area contributed by atoms with E-state index in [-0.39, 0.29) is 17.7 Å². The Kier molecular flexibility index (Phi) is 4.87. The molecular weight excluding hydrogens is 320 g/mol. The third kappa shape index (κ3) is 3.43. The number of nitrogens with one attached hydrogen (secondary N) is 2. The number of amides is 1. The maximum absolute atomic E-state index is 12.6. The summed E-state index contributed by atoms with van der Waals surface area (Å²) in [6.07, 6.45) is 9.19. The topological polar surface area (TPSA) is 44.9 Å². The fourth-order valence-electron chi connectivity index (χ4n) is 3.85. The van der Waals surface area contributed by atoms with E-state index < -0.39 is 0 Å². The summed E-state index contributed by atoms with van der Waals surface area (Å²) in [6, 6.07) is 18.8. The van der Waals surface area contributed by atoms with E-state index in [1.165, 1.54) is 16.5 Å². The maximum atomic E-state index is 12.6. The third-order valence-electron chi connectivity index (χ3n) is 5.32. The number of carbonyl (C=O) groups excluding carboxylic acids is 1. The van der Waals surface area contributed by atoms with E-state index in [0.717, 1.165) is 24.8 Å². The van der Waals surface area contributed by atoms with E-state index in [1.807, 2.05) is 12.1 Å². The zero-order chi connectivity index (χ0) is 17.8. The van der Waals surface area contributed by atoms with Gasteiger partial charge in [-0.3, -0.25) is 4.79 Å². The number of para-hydroxylation sites is 1. The summed E-state index contributed by atoms with van der Waals surface area (Å²) in [5.41, 5.74) is 3.59. The van der Waals surface area contributed by atoms with E-state index in [9.17, 15) is 4.79 Å². The first-order chi connectivity index (χ1) is 12.8. The van der Waals surface area contributed by atoms with Crippen molar-refractivity contribution in [3.63, 3.8) is 0 Å². The Morgan fingerprint density at radius 1 is 1.08 bits per heavy atom. The molecule has 0 saturated heterocycles. The first kappa shape index (κ1) is 16.6. The van der Waals surface area contributed by atoms with Crippen LogP contribution in [0, 0.1) is 5.92 Å². The summed E-state index contributed by atoms with van der Waals surface area (Å²) in [5, 5.41) is 4.44. The molecule has 1 heterocycles. The smallest absolute Gasteiger partial charge is 0.223 e. The van der Waals surface area contributed by atoms with Crippen LogP contribution in [0.15, 0.2) is 72.9 Å². The highest BCUT2D eigenvalue weighted by Gasteiger charge is 2.22. The standard InChI is InChI=1S/C23H24N2O/c26-23(18-11-5-2-6-12-18)25-15-20(17-9-3-1-4-10-17)21-16-24-22-14-8-7-13-19(21)22/h1-5,7-10,13-14,16,18,20,24H,6,11-12,15H2,(H,25,26). The lowest BCUT2D eigenvalue weighted by atomic mass is 9.90. The molecule has 1 amide bonds. The van der Waals surface area contributed by atoms with E-state index in [2.05, 4.69) is 71.1 Å². The zero-order valence-electron chi connectivity index (χ0n) is 14.8. The lowest BCUT2D eigenvalue weighted by molar-refractivity contribution is -0.125. The highest BCUT2D eigenvalue weighted by molar-refractivity contribution is 5.84. The number of aromatic nitrogens is 1. The molecule has 1 aliphatic rings. The van der Waals surface area contributed by atoms with Gasteiger partial charge in [-0.1, -0.05) is 60.7 Å². The van der Waals surface area contributed by atoms with Gasteiger partial charge in [0, 0.05) is 35.5 Å². The molecule has 0 bridgehead atoms. The van der Waals surface area contributed by atoms with Crippen LogP contribution in [0.25, 0.3) is 10.9 Å². The summed E-state index contributed by atoms with van der Waals surface area (Å²) in [5.74, 6) is 0.421. The van der Waals surface area contributed by atoms with Gasteiger partial charge >= 0.3 is 0 Å². The van der Waals surface area contributed by atoms with Crippen LogP contribution in [0.1, 0.15) is 36.3 Å². The zero-order valence-corrected chi connectivity index (χ0v) is 14.8. The molecule has 0 aliphatic heterocycles. The SMILES string of the molecule is O=C(NCC(c1ccccc1)c1c[nH]c2ccccc12)C1CC=CCC1. The van der Waals surface area contributed by atoms with Crippen LogP contribution >= 0.6 is 0 Å². The van der Waals surface area contributed by atoms with E-state index in [0.29, 0.717) is 6.54 Å². The number of benzene rings is 2. The minimum absolute atomic E-state index is 0.111. The summed E-state index contributed by atoms with van der Waals surface area (Å²) in [6.45, 7) is 0.616. The molecule has 3 heteroatoms. The van der Waals surface area contributed by atoms with Crippen molar-refractivity contribution in [2.75, 3.05) is 6.54 Å². The molecule has 0 spiro atoms. The highest BCUT2D eigenvalue weighted by Crippen LogP contribution is 2.30. The first-order valence-electron chi connectivity index (χ1n) is 9.36. The Morgan fingerprint density at radius 2 is 1.88 bits per heavy atom. The van der Waals surface area contributed by atoms with E-state index >= 15 is 0 Å². The monoisotopic (exact) mass is 344 g/mol. The normalized spacial score (nSPS) is 17.9. The summed E-state index contributed by atoms with van der Waals surface area (Å²) < 4.78 is 0. The Balaban J connectivity index is 1.60. The summed E-state index contributed by atoms with van der Waals surface area (Å²) in [4.78, 5) is 16.0. The van der Waals surface area contributed by atoms with Crippen LogP contribution in [0.4, 0.5) is 0 Å². The van der Waals surface area contributed by atoms with Gasteiger partial charge in [-0.2, -0.15) is 0 Å². The van der Waals surface area contributed by atoms with Gasteiger partial charge in [0.15, 0.2) is 0 Å². The predicted octanol–water partition coefficient (Wildman–Crippen LogP) is 4.77. The molecule has 2 N–H and O–H groups in total. The van der Waals surface area contributed by atoms with Crippen LogP contribution < -0.4 is 5.32 Å². The molecule has 3 aromatic rings. The summed E-state index contributed by atoms with van der Waals surface area (Å²) in [7, 11) is 0. The van der Waals surface area contributed by atoms with Crippen LogP contribution in [0.5, 0.6) is 0 Å². The van der Waals surface area contributed by atoms with Crippen molar-refractivity contribution >= 4 is 16.8 Å². The van der Waals surface area contributed by atoms with E-state index in [1.54, 1.807) is 0 Å². The Morgan fingerprint density at radius 3 is 2.69 bits per heavy atom. The number of rotatable bonds is 5. The molecule has 132 valence electrons. The first-order valence-corrected chi connectivity index (χ1v) is 9.36. The lowest BCUT2D eigenvalue weighted by Gasteiger charge is -2.21. The largest absolute Gasteiger partial charge is 0.361 e. The number of allylic oxidation sites excluding steroid dienone is 2. The van der Waals surface area contributed by atoms with Gasteiger partial charge in [-0.05, 0) is 36.5 Å². The average Bonchev–Trinajstić information content (AvgIpc) is 3.14. The molecule has 0 radical (unpaired) electrons. The average molecular weight is 344 g/mol. The molecule has 2 atom stereocenters. The van der Waals surface area contributed by atoms with Crippen LogP contribution in [-0.4, -0.2) is 17.4 Å². The minimum atomic E-state index is 0.111. The van der Waals surface area contributed by atoms with Crippen LogP contribution in [0.3, 0.4) is 0 Å². The molecule has 26 heavy (non-hydrogen) atoms. The van der Waals surface area contributed by atoms with Gasteiger partial charge in [-0.15, -0.1) is 0 Å². The van der Waals surface area contributed by atoms with Crippen molar-refractivity contribution in [3.8, 4) is 0 Å². The van der Waals surface area contributed by atoms with Gasteiger partial charge in [0.2, 0.25) is 5.91 Å². The van der Waals surface area contributed by atoms with Gasteiger partial charge in [-0.25, -0.2) is 0 Å². The minimum Gasteiger partial charge on any atom is -0.361 e. The number of hydrogen-bond acceptors (Lipinski definition) is 1. The Bertz CT molecular complexity index is 910. The fourth-order valence-corrected chi connectivity index (χ4v) is 3.85. The van der Waals surface area contributed by atoms with E-state index in [4.69, 9.17) is 0 Å². The number of H-pyrrole nitrogens is 1. The molecule has 0 fully saturated rings. The van der Waals surface area contributed by atoms with Crippen molar-refractivity contribution in [1.29, 1.82) is 0 Å². The lowest BCUT2D eigenvalue weighted by Crippen LogP contribution is -2.34. The van der Waals surface area contributed by atoms with Gasteiger partial charge < -0.3 is 10.3 Å². The third-order valence-corrected chi connectivity index (χ3v) is 5.32. The molecule has 1 aromatic heterocycles. The van der Waals surface area contributed by atoms with Crippen LogP contribution in [-0.2, 0) is 4.79 Å².